The van der Waals surface area contributed by atoms with E-state index < -0.39 is 17.8 Å². The highest BCUT2D eigenvalue weighted by Crippen LogP contribution is 2.41. The lowest BCUT2D eigenvalue weighted by Crippen LogP contribution is -2.49. The van der Waals surface area contributed by atoms with Gasteiger partial charge in [0.1, 0.15) is 0 Å². The maximum absolute atomic E-state index is 13.7. The number of unbranched alkanes of at least 4 members (excludes halogenated alkanes) is 3. The zero-order chi connectivity index (χ0) is 32.8. The molecule has 2 fully saturated rings. The van der Waals surface area contributed by atoms with Crippen molar-refractivity contribution >= 4 is 23.5 Å². The Hall–Kier alpha value is -4.40. The number of aromatic nitrogens is 4. The van der Waals surface area contributed by atoms with Gasteiger partial charge in [0, 0.05) is 63.1 Å². The van der Waals surface area contributed by atoms with Gasteiger partial charge in [0.2, 0.25) is 0 Å². The number of aryl methyl sites for hydroxylation is 1. The minimum Gasteiger partial charge on any atom is -0.352 e. The van der Waals surface area contributed by atoms with Crippen LogP contribution in [0.3, 0.4) is 0 Å². The van der Waals surface area contributed by atoms with E-state index in [0.717, 1.165) is 51.6 Å². The molecule has 2 aliphatic rings. The molecule has 0 bridgehead atoms. The van der Waals surface area contributed by atoms with Crippen LogP contribution in [0.4, 0.5) is 23.7 Å². The van der Waals surface area contributed by atoms with E-state index in [1.54, 1.807) is 25.1 Å². The number of amides is 4. The fourth-order valence-electron chi connectivity index (χ4n) is 5.26. The van der Waals surface area contributed by atoms with Crippen molar-refractivity contribution in [1.82, 2.24) is 40.6 Å². The van der Waals surface area contributed by atoms with E-state index in [2.05, 4.69) is 36.7 Å². The highest BCUT2D eigenvalue weighted by atomic mass is 19.4. The summed E-state index contributed by atoms with van der Waals surface area (Å²) in [6.07, 6.45) is 3.01. The van der Waals surface area contributed by atoms with Gasteiger partial charge >= 0.3 is 12.2 Å². The van der Waals surface area contributed by atoms with Gasteiger partial charge in [-0.3, -0.25) is 14.3 Å². The molecule has 1 aliphatic heterocycles. The summed E-state index contributed by atoms with van der Waals surface area (Å²) < 4.78 is 43.8. The average molecular weight is 644 g/mol. The maximum Gasteiger partial charge on any atom is 0.435 e. The second-order valence-electron chi connectivity index (χ2n) is 11.9. The van der Waals surface area contributed by atoms with Crippen LogP contribution in [0.25, 0.3) is 11.3 Å². The lowest BCUT2D eigenvalue weighted by atomic mass is 10.0. The van der Waals surface area contributed by atoms with Gasteiger partial charge in [-0.25, -0.2) is 9.78 Å². The summed E-state index contributed by atoms with van der Waals surface area (Å²) in [5, 5.41) is 18.3. The molecular formula is C31H40F3N9O3. The van der Waals surface area contributed by atoms with Crippen LogP contribution in [0.1, 0.15) is 76.8 Å². The number of hydrogen-bond acceptors (Lipinski definition) is 6. The van der Waals surface area contributed by atoms with Crippen molar-refractivity contribution in [3.05, 3.63) is 53.2 Å². The molecule has 46 heavy (non-hydrogen) atoms. The molecule has 3 heterocycles. The van der Waals surface area contributed by atoms with Crippen LogP contribution >= 0.6 is 0 Å². The first-order valence-electron chi connectivity index (χ1n) is 15.6. The molecule has 5 N–H and O–H groups in total. The molecule has 5 rings (SSSR count). The number of imidazole rings is 1. The van der Waals surface area contributed by atoms with E-state index in [4.69, 9.17) is 0 Å². The van der Waals surface area contributed by atoms with Gasteiger partial charge in [-0.1, -0.05) is 12.8 Å². The minimum absolute atomic E-state index is 0.0436. The Bertz CT molecular complexity index is 1560. The third-order valence-electron chi connectivity index (χ3n) is 8.21. The Kier molecular flexibility index (Phi) is 10.3. The molecule has 1 aliphatic carbocycles. The molecule has 1 aromatic carbocycles. The van der Waals surface area contributed by atoms with E-state index in [1.165, 1.54) is 28.7 Å². The summed E-state index contributed by atoms with van der Waals surface area (Å²) in [6, 6.07) is 4.69. The standard InChI is InChI=1S/C31H40F3N9O3/c1-19-13-21(7-10-23(19)28(44)36-11-5-3-4-6-12-37-30(46)39-16-20-14-35-15-20)40-29(45)27-38-17-25(42(27)2)24-18-43(22-8-9-22)41-26(24)31(32,33)34/h7,10,13,17-18,20,22,35H,3-6,8-9,11-12,14-16H2,1-2H3,(H,36,44)(H,40,45)(H2,37,39,46). The molecule has 0 unspecified atom stereocenters. The quantitative estimate of drug-likeness (QED) is 0.168. The van der Waals surface area contributed by atoms with Crippen molar-refractivity contribution in [3.63, 3.8) is 0 Å². The Morgan fingerprint density at radius 2 is 1.72 bits per heavy atom. The number of urea groups is 1. The Morgan fingerprint density at radius 1 is 1.00 bits per heavy atom. The van der Waals surface area contributed by atoms with Crippen LogP contribution in [0.15, 0.2) is 30.6 Å². The second kappa shape index (κ2) is 14.4. The molecule has 12 nitrogen and oxygen atoms in total. The molecule has 1 saturated carbocycles. The highest BCUT2D eigenvalue weighted by Gasteiger charge is 2.40. The van der Waals surface area contributed by atoms with Crippen LogP contribution in [0, 0.1) is 12.8 Å². The van der Waals surface area contributed by atoms with Crippen molar-refractivity contribution in [3.8, 4) is 11.3 Å². The van der Waals surface area contributed by atoms with Gasteiger partial charge in [-0.05, 0) is 56.4 Å². The van der Waals surface area contributed by atoms with Crippen LogP contribution < -0.4 is 26.6 Å². The van der Waals surface area contributed by atoms with Crippen LogP contribution in [0.2, 0.25) is 0 Å². The molecular weight excluding hydrogens is 603 g/mol. The second-order valence-corrected chi connectivity index (χ2v) is 11.9. The third-order valence-corrected chi connectivity index (χ3v) is 8.21. The van der Waals surface area contributed by atoms with Crippen molar-refractivity contribution < 1.29 is 27.6 Å². The van der Waals surface area contributed by atoms with Gasteiger partial charge in [0.15, 0.2) is 11.5 Å². The Labute approximate surface area is 264 Å². The van der Waals surface area contributed by atoms with E-state index in [1.807, 2.05) is 0 Å². The molecule has 15 heteroatoms. The summed E-state index contributed by atoms with van der Waals surface area (Å²) >= 11 is 0. The SMILES string of the molecule is Cc1cc(NC(=O)c2ncc(-c3cn(C4CC4)nc3C(F)(F)F)n2C)ccc1C(=O)NCCCCCCNC(=O)NCC1CNC1. The lowest BCUT2D eigenvalue weighted by molar-refractivity contribution is -0.141. The molecule has 1 saturated heterocycles. The molecule has 3 aromatic rings. The topological polar surface area (TPSA) is 147 Å². The van der Waals surface area contributed by atoms with Crippen molar-refractivity contribution in [2.24, 2.45) is 13.0 Å². The first-order chi connectivity index (χ1) is 22.0. The first kappa shape index (κ1) is 33.0. The first-order valence-corrected chi connectivity index (χ1v) is 15.6. The zero-order valence-corrected chi connectivity index (χ0v) is 26.0. The van der Waals surface area contributed by atoms with Gasteiger partial charge in [0.25, 0.3) is 11.8 Å². The Morgan fingerprint density at radius 3 is 2.35 bits per heavy atom. The Balaban J connectivity index is 1.06. The molecule has 2 aromatic heterocycles. The summed E-state index contributed by atoms with van der Waals surface area (Å²) in [5.41, 5.74) is 0.528. The fourth-order valence-corrected chi connectivity index (χ4v) is 5.26. The van der Waals surface area contributed by atoms with E-state index in [0.29, 0.717) is 42.4 Å². The number of anilines is 1. The zero-order valence-electron chi connectivity index (χ0n) is 26.0. The van der Waals surface area contributed by atoms with E-state index in [9.17, 15) is 27.6 Å². The molecule has 4 amide bonds. The van der Waals surface area contributed by atoms with Crippen molar-refractivity contribution in [2.45, 2.75) is 57.7 Å². The molecule has 248 valence electrons. The number of hydrogen-bond donors (Lipinski definition) is 5. The molecule has 0 atom stereocenters. The summed E-state index contributed by atoms with van der Waals surface area (Å²) in [4.78, 5) is 41.6. The normalized spacial score (nSPS) is 14.9. The van der Waals surface area contributed by atoms with Crippen molar-refractivity contribution in [2.75, 3.05) is 38.0 Å². The largest absolute Gasteiger partial charge is 0.435 e. The number of halogens is 3. The van der Waals surface area contributed by atoms with Crippen molar-refractivity contribution in [1.29, 1.82) is 0 Å². The number of carbonyl (C=O) groups is 3. The predicted molar refractivity (Wildman–Crippen MR) is 165 cm³/mol. The highest BCUT2D eigenvalue weighted by molar-refractivity contribution is 6.03. The molecule has 0 radical (unpaired) electrons. The summed E-state index contributed by atoms with van der Waals surface area (Å²) in [5.74, 6) is -0.373. The fraction of sp³-hybridized carbons (Fsp3) is 0.516. The number of nitrogens with zero attached hydrogens (tertiary/aromatic N) is 4. The predicted octanol–water partition coefficient (Wildman–Crippen LogP) is 4.01. The summed E-state index contributed by atoms with van der Waals surface area (Å²) in [6.45, 7) is 5.46. The number of rotatable bonds is 14. The third kappa shape index (κ3) is 8.24. The van der Waals surface area contributed by atoms with Gasteiger partial charge in [-0.15, -0.1) is 0 Å². The lowest BCUT2D eigenvalue weighted by Gasteiger charge is -2.27. The minimum atomic E-state index is -4.65. The number of benzene rings is 1. The van der Waals surface area contributed by atoms with E-state index in [-0.39, 0.29) is 35.1 Å². The smallest absolute Gasteiger partial charge is 0.352 e. The van der Waals surface area contributed by atoms with Gasteiger partial charge in [-0.2, -0.15) is 18.3 Å². The maximum atomic E-state index is 13.7. The van der Waals surface area contributed by atoms with Crippen LogP contribution in [-0.4, -0.2) is 69.9 Å². The number of nitrogens with one attached hydrogen (secondary N) is 5. The monoisotopic (exact) mass is 643 g/mol. The number of carbonyl (C=O) groups excluding carboxylic acids is 3. The number of alkyl halides is 3. The molecule has 0 spiro atoms. The van der Waals surface area contributed by atoms with Crippen LogP contribution in [-0.2, 0) is 13.2 Å². The average Bonchev–Trinajstić information content (AvgIpc) is 3.60. The van der Waals surface area contributed by atoms with Crippen LogP contribution in [0.5, 0.6) is 0 Å². The van der Waals surface area contributed by atoms with Gasteiger partial charge < -0.3 is 31.2 Å². The van der Waals surface area contributed by atoms with E-state index >= 15 is 0 Å². The summed E-state index contributed by atoms with van der Waals surface area (Å²) in [7, 11) is 1.48. The van der Waals surface area contributed by atoms with Gasteiger partial charge in [0.05, 0.1) is 23.5 Å².